The van der Waals surface area contributed by atoms with Gasteiger partial charge in [0, 0.05) is 6.61 Å². The van der Waals surface area contributed by atoms with Crippen LogP contribution in [0.3, 0.4) is 0 Å². The van der Waals surface area contributed by atoms with Gasteiger partial charge < -0.3 is 14.2 Å². The van der Waals surface area contributed by atoms with Crippen molar-refractivity contribution in [3.05, 3.63) is 29.8 Å². The largest absolute Gasteiger partial charge is 0.491 e. The molecule has 0 fully saturated rings. The molecule has 0 aliphatic rings. The Kier molecular flexibility index (Phi) is 7.64. The summed E-state index contributed by atoms with van der Waals surface area (Å²) in [6.07, 6.45) is 0.514. The first-order valence-corrected chi connectivity index (χ1v) is 6.54. The minimum absolute atomic E-state index is 0.0848. The number of ether oxygens (including phenoxy) is 3. The SMILES string of the molecule is CCOCC(C)OCCOc1ccc(CC#N)cc1. The van der Waals surface area contributed by atoms with Gasteiger partial charge in [0.05, 0.1) is 31.8 Å². The molecular formula is C15H21NO3. The van der Waals surface area contributed by atoms with Crippen molar-refractivity contribution in [1.82, 2.24) is 0 Å². The summed E-state index contributed by atoms with van der Waals surface area (Å²) < 4.78 is 16.3. The molecule has 0 N–H and O–H groups in total. The van der Waals surface area contributed by atoms with Crippen LogP contribution in [0.5, 0.6) is 5.75 Å². The Labute approximate surface area is 114 Å². The summed E-state index contributed by atoms with van der Waals surface area (Å²) in [7, 11) is 0. The first-order valence-electron chi connectivity index (χ1n) is 6.54. The highest BCUT2D eigenvalue weighted by Gasteiger charge is 2.01. The molecule has 0 aromatic heterocycles. The van der Waals surface area contributed by atoms with Crippen molar-refractivity contribution in [1.29, 1.82) is 5.26 Å². The van der Waals surface area contributed by atoms with Gasteiger partial charge >= 0.3 is 0 Å². The maximum atomic E-state index is 8.57. The number of hydrogen-bond acceptors (Lipinski definition) is 4. The van der Waals surface area contributed by atoms with Gasteiger partial charge in [-0.1, -0.05) is 12.1 Å². The van der Waals surface area contributed by atoms with Gasteiger partial charge in [-0.25, -0.2) is 0 Å². The van der Waals surface area contributed by atoms with Crippen LogP contribution in [0.1, 0.15) is 19.4 Å². The lowest BCUT2D eigenvalue weighted by Crippen LogP contribution is -2.19. The quantitative estimate of drug-likeness (QED) is 0.642. The van der Waals surface area contributed by atoms with Gasteiger partial charge in [0.1, 0.15) is 12.4 Å². The van der Waals surface area contributed by atoms with Gasteiger partial charge in [0.15, 0.2) is 0 Å². The van der Waals surface area contributed by atoms with Crippen LogP contribution in [0.4, 0.5) is 0 Å². The second kappa shape index (κ2) is 9.37. The average Bonchev–Trinajstić information content (AvgIpc) is 2.43. The topological polar surface area (TPSA) is 51.5 Å². The van der Waals surface area contributed by atoms with E-state index in [1.165, 1.54) is 0 Å². The molecule has 1 aromatic carbocycles. The second-order valence-electron chi connectivity index (χ2n) is 4.17. The average molecular weight is 263 g/mol. The molecule has 0 saturated heterocycles. The summed E-state index contributed by atoms with van der Waals surface area (Å²) >= 11 is 0. The maximum Gasteiger partial charge on any atom is 0.119 e. The molecule has 0 amide bonds. The van der Waals surface area contributed by atoms with Crippen LogP contribution in [-0.2, 0) is 15.9 Å². The van der Waals surface area contributed by atoms with Crippen LogP contribution in [0, 0.1) is 11.3 Å². The molecule has 0 heterocycles. The molecule has 1 atom stereocenters. The normalized spacial score (nSPS) is 11.8. The third-order valence-corrected chi connectivity index (χ3v) is 2.52. The zero-order valence-corrected chi connectivity index (χ0v) is 11.6. The van der Waals surface area contributed by atoms with Crippen LogP contribution in [-0.4, -0.2) is 32.5 Å². The van der Waals surface area contributed by atoms with E-state index in [0.717, 1.165) is 11.3 Å². The van der Waals surface area contributed by atoms with Gasteiger partial charge in [-0.3, -0.25) is 0 Å². The van der Waals surface area contributed by atoms with Gasteiger partial charge in [-0.05, 0) is 31.5 Å². The molecule has 19 heavy (non-hydrogen) atoms. The first-order chi connectivity index (χ1) is 9.26. The molecule has 4 heteroatoms. The Morgan fingerprint density at radius 3 is 2.58 bits per heavy atom. The molecule has 1 rings (SSSR count). The highest BCUT2D eigenvalue weighted by molar-refractivity contribution is 5.28. The third kappa shape index (κ3) is 6.80. The van der Waals surface area contributed by atoms with Crippen LogP contribution in [0.15, 0.2) is 24.3 Å². The lowest BCUT2D eigenvalue weighted by Gasteiger charge is -2.13. The van der Waals surface area contributed by atoms with Crippen LogP contribution in [0.25, 0.3) is 0 Å². The molecule has 1 unspecified atom stereocenters. The van der Waals surface area contributed by atoms with E-state index in [1.54, 1.807) is 0 Å². The Bertz CT molecular complexity index is 383. The zero-order valence-electron chi connectivity index (χ0n) is 11.6. The summed E-state index contributed by atoms with van der Waals surface area (Å²) in [6.45, 7) is 6.30. The zero-order chi connectivity index (χ0) is 13.9. The van der Waals surface area contributed by atoms with Crippen molar-refractivity contribution in [3.63, 3.8) is 0 Å². The monoisotopic (exact) mass is 263 g/mol. The fourth-order valence-corrected chi connectivity index (χ4v) is 1.54. The van der Waals surface area contributed by atoms with Crippen molar-refractivity contribution in [3.8, 4) is 11.8 Å². The lowest BCUT2D eigenvalue weighted by atomic mass is 10.2. The summed E-state index contributed by atoms with van der Waals surface area (Å²) in [6, 6.07) is 9.65. The number of rotatable bonds is 9. The van der Waals surface area contributed by atoms with E-state index in [0.29, 0.717) is 32.8 Å². The molecule has 4 nitrogen and oxygen atoms in total. The standard InChI is InChI=1S/C15H21NO3/c1-3-17-12-13(2)18-10-11-19-15-6-4-14(5-7-15)8-9-16/h4-7,13H,3,8,10-12H2,1-2H3. The first kappa shape index (κ1) is 15.5. The number of hydrogen-bond donors (Lipinski definition) is 0. The van der Waals surface area contributed by atoms with Crippen molar-refractivity contribution in [2.75, 3.05) is 26.4 Å². The lowest BCUT2D eigenvalue weighted by molar-refractivity contribution is -0.0128. The highest BCUT2D eigenvalue weighted by Crippen LogP contribution is 2.12. The van der Waals surface area contributed by atoms with Crippen molar-refractivity contribution < 1.29 is 14.2 Å². The molecular weight excluding hydrogens is 242 g/mol. The van der Waals surface area contributed by atoms with E-state index in [1.807, 2.05) is 38.1 Å². The van der Waals surface area contributed by atoms with E-state index in [4.69, 9.17) is 19.5 Å². The molecule has 0 aliphatic carbocycles. The maximum absolute atomic E-state index is 8.57. The minimum atomic E-state index is 0.0848. The summed E-state index contributed by atoms with van der Waals surface area (Å²) in [5.41, 5.74) is 0.997. The van der Waals surface area contributed by atoms with E-state index < -0.39 is 0 Å². The van der Waals surface area contributed by atoms with E-state index in [9.17, 15) is 0 Å². The second-order valence-corrected chi connectivity index (χ2v) is 4.17. The minimum Gasteiger partial charge on any atom is -0.491 e. The molecule has 0 bridgehead atoms. The van der Waals surface area contributed by atoms with Crippen LogP contribution >= 0.6 is 0 Å². The third-order valence-electron chi connectivity index (χ3n) is 2.52. The summed E-state index contributed by atoms with van der Waals surface area (Å²) in [4.78, 5) is 0. The van der Waals surface area contributed by atoms with Gasteiger partial charge in [-0.15, -0.1) is 0 Å². The van der Waals surface area contributed by atoms with Crippen molar-refractivity contribution >= 4 is 0 Å². The predicted octanol–water partition coefficient (Wildman–Crippen LogP) is 2.57. The van der Waals surface area contributed by atoms with E-state index in [-0.39, 0.29) is 6.10 Å². The molecule has 0 radical (unpaired) electrons. The van der Waals surface area contributed by atoms with Crippen LogP contribution in [0.2, 0.25) is 0 Å². The molecule has 0 spiro atoms. The van der Waals surface area contributed by atoms with Gasteiger partial charge in [-0.2, -0.15) is 5.26 Å². The van der Waals surface area contributed by atoms with E-state index in [2.05, 4.69) is 6.07 Å². The predicted molar refractivity (Wildman–Crippen MR) is 73.2 cm³/mol. The number of benzene rings is 1. The number of nitrogens with zero attached hydrogens (tertiary/aromatic N) is 1. The fourth-order valence-electron chi connectivity index (χ4n) is 1.54. The smallest absolute Gasteiger partial charge is 0.119 e. The summed E-state index contributed by atoms with van der Waals surface area (Å²) in [5.74, 6) is 0.794. The fraction of sp³-hybridized carbons (Fsp3) is 0.533. The van der Waals surface area contributed by atoms with E-state index >= 15 is 0 Å². The van der Waals surface area contributed by atoms with Gasteiger partial charge in [0.25, 0.3) is 0 Å². The van der Waals surface area contributed by atoms with Gasteiger partial charge in [0.2, 0.25) is 0 Å². The Morgan fingerprint density at radius 1 is 1.21 bits per heavy atom. The van der Waals surface area contributed by atoms with Crippen LogP contribution < -0.4 is 4.74 Å². The van der Waals surface area contributed by atoms with Crippen molar-refractivity contribution in [2.45, 2.75) is 26.4 Å². The molecule has 0 aliphatic heterocycles. The Hall–Kier alpha value is -1.57. The molecule has 1 aromatic rings. The highest BCUT2D eigenvalue weighted by atomic mass is 16.5. The summed E-state index contributed by atoms with van der Waals surface area (Å²) in [5, 5.41) is 8.57. The number of nitriles is 1. The Balaban J connectivity index is 2.17. The molecule has 104 valence electrons. The molecule has 0 saturated carbocycles. The Morgan fingerprint density at radius 2 is 1.95 bits per heavy atom. The van der Waals surface area contributed by atoms with Crippen molar-refractivity contribution in [2.24, 2.45) is 0 Å².